The molecule has 0 bridgehead atoms. The summed E-state index contributed by atoms with van der Waals surface area (Å²) in [6.45, 7) is 2.15. The smallest absolute Gasteiger partial charge is 0.138 e. The summed E-state index contributed by atoms with van der Waals surface area (Å²) >= 11 is 0. The van der Waals surface area contributed by atoms with Gasteiger partial charge in [-0.05, 0) is 17.5 Å². The van der Waals surface area contributed by atoms with Crippen LogP contribution in [0.25, 0.3) is 0 Å². The predicted molar refractivity (Wildman–Crippen MR) is 67.5 cm³/mol. The van der Waals surface area contributed by atoms with Gasteiger partial charge in [-0.1, -0.05) is 31.2 Å². The van der Waals surface area contributed by atoms with Gasteiger partial charge in [-0.2, -0.15) is 5.10 Å². The van der Waals surface area contributed by atoms with Crippen LogP contribution in [0.4, 0.5) is 0 Å². The Morgan fingerprint density at radius 1 is 1.35 bits per heavy atom. The molecule has 2 aromatic rings. The van der Waals surface area contributed by atoms with Crippen LogP contribution in [0.15, 0.2) is 30.6 Å². The SMILES string of the molecule is CCc1ccccc1C(N)Cc1ncnn1C. The van der Waals surface area contributed by atoms with Crippen molar-refractivity contribution in [3.63, 3.8) is 0 Å². The van der Waals surface area contributed by atoms with Gasteiger partial charge in [-0.15, -0.1) is 0 Å². The molecular weight excluding hydrogens is 212 g/mol. The Morgan fingerprint density at radius 3 is 2.76 bits per heavy atom. The molecular formula is C13H18N4. The van der Waals surface area contributed by atoms with E-state index < -0.39 is 0 Å². The van der Waals surface area contributed by atoms with E-state index in [1.54, 1.807) is 11.0 Å². The summed E-state index contributed by atoms with van der Waals surface area (Å²) in [7, 11) is 1.89. The van der Waals surface area contributed by atoms with Gasteiger partial charge in [-0.3, -0.25) is 4.68 Å². The Labute approximate surface area is 101 Å². The first-order chi connectivity index (χ1) is 8.22. The second kappa shape index (κ2) is 5.10. The number of nitrogens with two attached hydrogens (primary N) is 1. The second-order valence-corrected chi connectivity index (χ2v) is 4.16. The zero-order valence-corrected chi connectivity index (χ0v) is 10.3. The van der Waals surface area contributed by atoms with Crippen molar-refractivity contribution in [1.29, 1.82) is 0 Å². The lowest BCUT2D eigenvalue weighted by Gasteiger charge is -2.15. The highest BCUT2D eigenvalue weighted by molar-refractivity contribution is 5.30. The number of aromatic nitrogens is 3. The summed E-state index contributed by atoms with van der Waals surface area (Å²) in [4.78, 5) is 4.21. The number of benzene rings is 1. The lowest BCUT2D eigenvalue weighted by Crippen LogP contribution is -2.17. The maximum atomic E-state index is 6.25. The van der Waals surface area contributed by atoms with Crippen molar-refractivity contribution >= 4 is 0 Å². The monoisotopic (exact) mass is 230 g/mol. The van der Waals surface area contributed by atoms with Crippen LogP contribution < -0.4 is 5.73 Å². The van der Waals surface area contributed by atoms with E-state index in [4.69, 9.17) is 5.73 Å². The quantitative estimate of drug-likeness (QED) is 0.868. The first kappa shape index (κ1) is 11.8. The highest BCUT2D eigenvalue weighted by atomic mass is 15.3. The van der Waals surface area contributed by atoms with Gasteiger partial charge in [0.2, 0.25) is 0 Å². The normalized spacial score (nSPS) is 12.6. The van der Waals surface area contributed by atoms with Crippen LogP contribution in [-0.4, -0.2) is 14.8 Å². The van der Waals surface area contributed by atoms with Gasteiger partial charge in [0.1, 0.15) is 12.2 Å². The van der Waals surface area contributed by atoms with Gasteiger partial charge in [-0.25, -0.2) is 4.98 Å². The van der Waals surface area contributed by atoms with Crippen molar-refractivity contribution in [2.45, 2.75) is 25.8 Å². The number of nitrogens with zero attached hydrogens (tertiary/aromatic N) is 3. The molecule has 0 saturated heterocycles. The molecule has 0 amide bonds. The van der Waals surface area contributed by atoms with Crippen molar-refractivity contribution in [3.8, 4) is 0 Å². The van der Waals surface area contributed by atoms with Crippen LogP contribution in [0.3, 0.4) is 0 Å². The molecule has 1 atom stereocenters. The first-order valence-corrected chi connectivity index (χ1v) is 5.88. The summed E-state index contributed by atoms with van der Waals surface area (Å²) in [6, 6.07) is 8.29. The van der Waals surface area contributed by atoms with E-state index >= 15 is 0 Å². The highest BCUT2D eigenvalue weighted by Crippen LogP contribution is 2.19. The molecule has 0 spiro atoms. The third-order valence-corrected chi connectivity index (χ3v) is 3.04. The zero-order chi connectivity index (χ0) is 12.3. The summed E-state index contributed by atoms with van der Waals surface area (Å²) in [5.41, 5.74) is 8.76. The van der Waals surface area contributed by atoms with E-state index in [9.17, 15) is 0 Å². The minimum Gasteiger partial charge on any atom is -0.324 e. The van der Waals surface area contributed by atoms with E-state index in [1.165, 1.54) is 11.1 Å². The van der Waals surface area contributed by atoms with E-state index in [2.05, 4.69) is 35.2 Å². The molecule has 2 N–H and O–H groups in total. The second-order valence-electron chi connectivity index (χ2n) is 4.16. The van der Waals surface area contributed by atoms with Crippen LogP contribution in [0.2, 0.25) is 0 Å². The van der Waals surface area contributed by atoms with E-state index in [0.29, 0.717) is 6.42 Å². The van der Waals surface area contributed by atoms with Crippen LogP contribution in [0.5, 0.6) is 0 Å². The van der Waals surface area contributed by atoms with E-state index in [-0.39, 0.29) is 6.04 Å². The average molecular weight is 230 g/mol. The average Bonchev–Trinajstić information content (AvgIpc) is 2.75. The molecule has 0 aliphatic heterocycles. The van der Waals surface area contributed by atoms with Gasteiger partial charge in [0.25, 0.3) is 0 Å². The Balaban J connectivity index is 2.20. The minimum atomic E-state index is -0.0194. The fraction of sp³-hybridized carbons (Fsp3) is 0.385. The summed E-state index contributed by atoms with van der Waals surface area (Å²) < 4.78 is 1.77. The van der Waals surface area contributed by atoms with E-state index in [1.807, 2.05) is 13.1 Å². The number of hydrogen-bond acceptors (Lipinski definition) is 3. The lowest BCUT2D eigenvalue weighted by molar-refractivity contribution is 0.626. The van der Waals surface area contributed by atoms with Gasteiger partial charge in [0.15, 0.2) is 0 Å². The number of rotatable bonds is 4. The molecule has 0 saturated carbocycles. The molecule has 4 nitrogen and oxygen atoms in total. The van der Waals surface area contributed by atoms with Gasteiger partial charge >= 0.3 is 0 Å². The topological polar surface area (TPSA) is 56.7 Å². The molecule has 2 rings (SSSR count). The maximum Gasteiger partial charge on any atom is 0.138 e. The fourth-order valence-electron chi connectivity index (χ4n) is 2.03. The highest BCUT2D eigenvalue weighted by Gasteiger charge is 2.13. The van der Waals surface area contributed by atoms with Crippen molar-refractivity contribution in [2.24, 2.45) is 12.8 Å². The third-order valence-electron chi connectivity index (χ3n) is 3.04. The maximum absolute atomic E-state index is 6.25. The van der Waals surface area contributed by atoms with Crippen LogP contribution >= 0.6 is 0 Å². The van der Waals surface area contributed by atoms with Crippen LogP contribution in [0, 0.1) is 0 Å². The molecule has 1 heterocycles. The van der Waals surface area contributed by atoms with Gasteiger partial charge in [0.05, 0.1) is 0 Å². The van der Waals surface area contributed by atoms with Crippen LogP contribution in [0.1, 0.15) is 29.9 Å². The number of aryl methyl sites for hydroxylation is 2. The first-order valence-electron chi connectivity index (χ1n) is 5.88. The van der Waals surface area contributed by atoms with Crippen molar-refractivity contribution in [3.05, 3.63) is 47.5 Å². The Kier molecular flexibility index (Phi) is 3.54. The molecule has 1 aromatic heterocycles. The standard InChI is InChI=1S/C13H18N4/c1-3-10-6-4-5-7-11(10)12(14)8-13-15-9-16-17(13)2/h4-7,9,12H,3,8,14H2,1-2H3. The molecule has 0 aliphatic carbocycles. The molecule has 0 radical (unpaired) electrons. The Morgan fingerprint density at radius 2 is 2.12 bits per heavy atom. The molecule has 4 heteroatoms. The fourth-order valence-corrected chi connectivity index (χ4v) is 2.03. The third kappa shape index (κ3) is 2.53. The summed E-state index contributed by atoms with van der Waals surface area (Å²) in [5.74, 6) is 0.920. The Hall–Kier alpha value is -1.68. The molecule has 1 unspecified atom stereocenters. The molecule has 1 aromatic carbocycles. The predicted octanol–water partition coefficient (Wildman–Crippen LogP) is 1.62. The number of hydrogen-bond donors (Lipinski definition) is 1. The summed E-state index contributed by atoms with van der Waals surface area (Å²) in [6.07, 6.45) is 3.28. The molecule has 0 aliphatic rings. The van der Waals surface area contributed by atoms with Crippen molar-refractivity contribution in [1.82, 2.24) is 14.8 Å². The van der Waals surface area contributed by atoms with E-state index in [0.717, 1.165) is 12.2 Å². The Bertz CT molecular complexity index is 490. The largest absolute Gasteiger partial charge is 0.324 e. The van der Waals surface area contributed by atoms with Gasteiger partial charge < -0.3 is 5.73 Å². The van der Waals surface area contributed by atoms with Crippen LogP contribution in [-0.2, 0) is 19.9 Å². The lowest BCUT2D eigenvalue weighted by atomic mass is 9.97. The van der Waals surface area contributed by atoms with Crippen molar-refractivity contribution < 1.29 is 0 Å². The summed E-state index contributed by atoms with van der Waals surface area (Å²) in [5, 5.41) is 4.06. The van der Waals surface area contributed by atoms with Crippen molar-refractivity contribution in [2.75, 3.05) is 0 Å². The van der Waals surface area contributed by atoms with Gasteiger partial charge in [0, 0.05) is 19.5 Å². The minimum absolute atomic E-state index is 0.0194. The molecule has 17 heavy (non-hydrogen) atoms. The molecule has 90 valence electrons. The molecule has 0 fully saturated rings. The zero-order valence-electron chi connectivity index (χ0n) is 10.3.